The summed E-state index contributed by atoms with van der Waals surface area (Å²) in [7, 11) is 1.45. The fraction of sp³-hybridized carbons (Fsp3) is 0.235. The highest BCUT2D eigenvalue weighted by atomic mass is 35.5. The molecule has 1 aromatic heterocycles. The van der Waals surface area contributed by atoms with Gasteiger partial charge in [-0.15, -0.1) is 0 Å². The second-order valence-electron chi connectivity index (χ2n) is 5.09. The maximum Gasteiger partial charge on any atom is 0.224 e. The van der Waals surface area contributed by atoms with Crippen molar-refractivity contribution in [3.05, 3.63) is 57.8 Å². The number of carbonyl (C=O) groups is 1. The molecule has 1 amide bonds. The minimum atomic E-state index is -0.135. The van der Waals surface area contributed by atoms with Crippen LogP contribution in [0.2, 0.25) is 10.0 Å². The molecule has 0 aliphatic heterocycles. The number of anilines is 1. The topological polar surface area (TPSA) is 63.6 Å². The Hall–Kier alpha value is -2.11. The number of benzene rings is 1. The minimum Gasteiger partial charge on any atom is -0.399 e. The highest BCUT2D eigenvalue weighted by molar-refractivity contribution is 6.42. The van der Waals surface area contributed by atoms with Crippen LogP contribution in [0.5, 0.6) is 0 Å². The van der Waals surface area contributed by atoms with Gasteiger partial charge in [-0.2, -0.15) is 0 Å². The Morgan fingerprint density at radius 1 is 1.21 bits per heavy atom. The fourth-order valence-corrected chi connectivity index (χ4v) is 2.32. The molecule has 24 heavy (non-hydrogen) atoms. The number of hydrogen-bond acceptors (Lipinski definition) is 4. The molecule has 0 fully saturated rings. The Morgan fingerprint density at radius 3 is 2.62 bits per heavy atom. The summed E-state index contributed by atoms with van der Waals surface area (Å²) in [4.78, 5) is 21.1. The van der Waals surface area contributed by atoms with E-state index in [9.17, 15) is 4.79 Å². The van der Waals surface area contributed by atoms with E-state index < -0.39 is 0 Å². The molecule has 1 heterocycles. The normalized spacial score (nSPS) is 11.2. The van der Waals surface area contributed by atoms with Gasteiger partial charge in [-0.3, -0.25) is 9.78 Å². The van der Waals surface area contributed by atoms with Gasteiger partial charge in [-0.05, 0) is 31.2 Å². The van der Waals surface area contributed by atoms with E-state index in [0.717, 1.165) is 11.3 Å². The number of halogens is 2. The van der Waals surface area contributed by atoms with E-state index in [0.29, 0.717) is 27.9 Å². The van der Waals surface area contributed by atoms with E-state index in [2.05, 4.69) is 15.5 Å². The molecule has 0 atom stereocenters. The van der Waals surface area contributed by atoms with Crippen LogP contribution in [0.25, 0.3) is 0 Å². The van der Waals surface area contributed by atoms with Crippen molar-refractivity contribution in [1.29, 1.82) is 0 Å². The molecule has 2 aromatic rings. The number of aryl methyl sites for hydroxylation is 1. The number of nitrogens with one attached hydrogen (secondary N) is 1. The van der Waals surface area contributed by atoms with Gasteiger partial charge in [0.1, 0.15) is 7.11 Å². The highest BCUT2D eigenvalue weighted by Gasteiger charge is 2.11. The van der Waals surface area contributed by atoms with Crippen LogP contribution in [-0.4, -0.2) is 23.7 Å². The molecule has 0 spiro atoms. The summed E-state index contributed by atoms with van der Waals surface area (Å²) in [5.41, 5.74) is 2.93. The lowest BCUT2D eigenvalue weighted by Gasteiger charge is -2.08. The van der Waals surface area contributed by atoms with Gasteiger partial charge in [-0.25, -0.2) is 0 Å². The number of oxime groups is 1. The lowest BCUT2D eigenvalue weighted by Crippen LogP contribution is -2.14. The SMILES string of the molecule is CON=C(CCC(=O)Nc1ccc(C)nc1)c1ccc(Cl)c(Cl)c1. The van der Waals surface area contributed by atoms with Crippen molar-refractivity contribution >= 4 is 40.5 Å². The van der Waals surface area contributed by atoms with Gasteiger partial charge in [0.2, 0.25) is 5.91 Å². The fourth-order valence-electron chi connectivity index (χ4n) is 2.03. The quantitative estimate of drug-likeness (QED) is 0.606. The summed E-state index contributed by atoms with van der Waals surface area (Å²) < 4.78 is 0. The van der Waals surface area contributed by atoms with Crippen molar-refractivity contribution in [3.8, 4) is 0 Å². The standard InChI is InChI=1S/C17H17Cl2N3O2/c1-11-3-5-13(10-20-11)21-17(23)8-7-16(22-24-2)12-4-6-14(18)15(19)9-12/h3-6,9-10H,7-8H2,1-2H3,(H,21,23). The molecule has 126 valence electrons. The number of pyridine rings is 1. The number of nitrogens with zero attached hydrogens (tertiary/aromatic N) is 2. The lowest BCUT2D eigenvalue weighted by molar-refractivity contribution is -0.116. The third-order valence-corrected chi connectivity index (χ3v) is 3.98. The van der Waals surface area contributed by atoms with Crippen molar-refractivity contribution in [3.63, 3.8) is 0 Å². The van der Waals surface area contributed by atoms with E-state index in [1.807, 2.05) is 19.1 Å². The zero-order valence-corrected chi connectivity index (χ0v) is 14.9. The summed E-state index contributed by atoms with van der Waals surface area (Å²) >= 11 is 11.9. The van der Waals surface area contributed by atoms with Crippen LogP contribution in [-0.2, 0) is 9.63 Å². The Bertz CT molecular complexity index is 746. The van der Waals surface area contributed by atoms with Gasteiger partial charge in [-0.1, -0.05) is 34.4 Å². The number of carbonyl (C=O) groups excluding carboxylic acids is 1. The van der Waals surface area contributed by atoms with Gasteiger partial charge in [0.15, 0.2) is 0 Å². The second kappa shape index (κ2) is 8.66. The Morgan fingerprint density at radius 2 is 2.00 bits per heavy atom. The van der Waals surface area contributed by atoms with Gasteiger partial charge >= 0.3 is 0 Å². The first-order valence-electron chi connectivity index (χ1n) is 7.27. The van der Waals surface area contributed by atoms with Crippen LogP contribution >= 0.6 is 23.2 Å². The van der Waals surface area contributed by atoms with E-state index >= 15 is 0 Å². The maximum atomic E-state index is 12.1. The number of amides is 1. The van der Waals surface area contributed by atoms with Crippen molar-refractivity contribution in [1.82, 2.24) is 4.98 Å². The molecule has 1 aromatic carbocycles. The van der Waals surface area contributed by atoms with Gasteiger partial charge < -0.3 is 10.2 Å². The van der Waals surface area contributed by atoms with E-state index in [4.69, 9.17) is 28.0 Å². The molecule has 0 unspecified atom stereocenters. The maximum absolute atomic E-state index is 12.1. The molecule has 0 bridgehead atoms. The average Bonchev–Trinajstić information content (AvgIpc) is 2.56. The first-order valence-corrected chi connectivity index (χ1v) is 8.03. The number of aromatic nitrogens is 1. The molecule has 0 aliphatic carbocycles. The summed E-state index contributed by atoms with van der Waals surface area (Å²) in [6.45, 7) is 1.89. The highest BCUT2D eigenvalue weighted by Crippen LogP contribution is 2.23. The summed E-state index contributed by atoms with van der Waals surface area (Å²) in [5.74, 6) is -0.135. The molecule has 0 radical (unpaired) electrons. The van der Waals surface area contributed by atoms with Crippen LogP contribution in [0.4, 0.5) is 5.69 Å². The molecule has 2 rings (SSSR count). The monoisotopic (exact) mass is 365 g/mol. The number of rotatable bonds is 6. The van der Waals surface area contributed by atoms with Crippen LogP contribution in [0.15, 0.2) is 41.7 Å². The molecular formula is C17H17Cl2N3O2. The van der Waals surface area contributed by atoms with Crippen LogP contribution < -0.4 is 5.32 Å². The van der Waals surface area contributed by atoms with E-state index in [-0.39, 0.29) is 12.3 Å². The second-order valence-corrected chi connectivity index (χ2v) is 5.90. The van der Waals surface area contributed by atoms with Gasteiger partial charge in [0.25, 0.3) is 0 Å². The smallest absolute Gasteiger partial charge is 0.224 e. The zero-order chi connectivity index (χ0) is 17.5. The molecular weight excluding hydrogens is 349 g/mol. The van der Waals surface area contributed by atoms with Crippen molar-refractivity contribution in [2.24, 2.45) is 5.16 Å². The van der Waals surface area contributed by atoms with Crippen LogP contribution in [0.1, 0.15) is 24.1 Å². The minimum absolute atomic E-state index is 0.135. The molecule has 1 N–H and O–H groups in total. The number of hydrogen-bond donors (Lipinski definition) is 1. The summed E-state index contributed by atoms with van der Waals surface area (Å²) in [6.07, 6.45) is 2.27. The lowest BCUT2D eigenvalue weighted by atomic mass is 10.1. The third kappa shape index (κ3) is 5.22. The first kappa shape index (κ1) is 18.2. The molecule has 0 aliphatic rings. The summed E-state index contributed by atoms with van der Waals surface area (Å²) in [6, 6.07) is 8.81. The molecule has 7 heteroatoms. The predicted molar refractivity (Wildman–Crippen MR) is 96.8 cm³/mol. The van der Waals surface area contributed by atoms with Gasteiger partial charge in [0.05, 0.1) is 27.6 Å². The first-order chi connectivity index (χ1) is 11.5. The molecule has 0 saturated carbocycles. The third-order valence-electron chi connectivity index (χ3n) is 3.24. The van der Waals surface area contributed by atoms with Crippen LogP contribution in [0, 0.1) is 6.92 Å². The van der Waals surface area contributed by atoms with Gasteiger partial charge in [0, 0.05) is 24.1 Å². The van der Waals surface area contributed by atoms with Crippen molar-refractivity contribution < 1.29 is 9.63 Å². The Balaban J connectivity index is 2.00. The summed E-state index contributed by atoms with van der Waals surface area (Å²) in [5, 5.41) is 7.66. The van der Waals surface area contributed by atoms with E-state index in [1.165, 1.54) is 7.11 Å². The van der Waals surface area contributed by atoms with Crippen molar-refractivity contribution in [2.75, 3.05) is 12.4 Å². The largest absolute Gasteiger partial charge is 0.399 e. The van der Waals surface area contributed by atoms with Crippen molar-refractivity contribution in [2.45, 2.75) is 19.8 Å². The zero-order valence-electron chi connectivity index (χ0n) is 13.3. The van der Waals surface area contributed by atoms with Crippen LogP contribution in [0.3, 0.4) is 0 Å². The Kier molecular flexibility index (Phi) is 6.58. The molecule has 0 saturated heterocycles. The predicted octanol–water partition coefficient (Wildman–Crippen LogP) is 4.47. The average molecular weight is 366 g/mol. The Labute approximate surface area is 150 Å². The molecule has 5 nitrogen and oxygen atoms in total. The van der Waals surface area contributed by atoms with E-state index in [1.54, 1.807) is 24.4 Å².